The van der Waals surface area contributed by atoms with E-state index in [0.29, 0.717) is 0 Å². The molecule has 1 aromatic carbocycles. The number of hydrogen-bond acceptors (Lipinski definition) is 2. The molecule has 0 aliphatic heterocycles. The van der Waals surface area contributed by atoms with Crippen LogP contribution in [0.1, 0.15) is 12.5 Å². The van der Waals surface area contributed by atoms with Gasteiger partial charge in [-0.1, -0.05) is 12.1 Å². The Kier molecular flexibility index (Phi) is 2.23. The summed E-state index contributed by atoms with van der Waals surface area (Å²) in [6.45, 7) is 0.935. The van der Waals surface area contributed by atoms with Crippen LogP contribution in [0, 0.1) is 0 Å². The highest BCUT2D eigenvalue weighted by Gasteiger charge is 2.35. The van der Waals surface area contributed by atoms with E-state index < -0.39 is 11.6 Å². The summed E-state index contributed by atoms with van der Waals surface area (Å²) in [6.07, 6.45) is 0. The monoisotopic (exact) mass is 184 g/mol. The van der Waals surface area contributed by atoms with E-state index in [1.807, 2.05) is 0 Å². The second kappa shape index (κ2) is 3.05. The normalized spacial score (nSPS) is 14.9. The van der Waals surface area contributed by atoms with Crippen molar-refractivity contribution in [3.05, 3.63) is 29.8 Å². The van der Waals surface area contributed by atoms with Gasteiger partial charge in [-0.3, -0.25) is 0 Å². The van der Waals surface area contributed by atoms with Crippen molar-refractivity contribution in [1.29, 1.82) is 0 Å². The number of phenolic OH excluding ortho intramolecular Hbond substituents is 1. The van der Waals surface area contributed by atoms with E-state index in [9.17, 15) is 9.18 Å². The summed E-state index contributed by atoms with van der Waals surface area (Å²) in [4.78, 5) is 10.5. The summed E-state index contributed by atoms with van der Waals surface area (Å²) in [5.74, 6) is -1.72. The third kappa shape index (κ3) is 1.77. The molecule has 4 heteroatoms. The Hall–Kier alpha value is -1.58. The van der Waals surface area contributed by atoms with Gasteiger partial charge in [0.2, 0.25) is 5.67 Å². The highest BCUT2D eigenvalue weighted by atomic mass is 19.1. The van der Waals surface area contributed by atoms with E-state index in [-0.39, 0.29) is 11.3 Å². The van der Waals surface area contributed by atoms with Crippen LogP contribution in [0.25, 0.3) is 0 Å². The van der Waals surface area contributed by atoms with Gasteiger partial charge in [0.1, 0.15) is 5.75 Å². The molecule has 3 nitrogen and oxygen atoms in total. The maximum atomic E-state index is 13.4. The molecular weight excluding hydrogens is 175 g/mol. The van der Waals surface area contributed by atoms with Gasteiger partial charge in [-0.25, -0.2) is 9.18 Å². The molecule has 13 heavy (non-hydrogen) atoms. The van der Waals surface area contributed by atoms with Crippen LogP contribution in [0.5, 0.6) is 5.75 Å². The number of phenols is 1. The smallest absolute Gasteiger partial charge is 0.345 e. The van der Waals surface area contributed by atoms with E-state index in [1.165, 1.54) is 18.2 Å². The lowest BCUT2D eigenvalue weighted by Crippen LogP contribution is -2.26. The standard InChI is InChI=1S/C9H9FO3/c1-9(10,8(12)13)6-3-2-4-7(11)5-6/h2-5,11H,1H3,(H,12,13). The maximum Gasteiger partial charge on any atom is 0.345 e. The first-order valence-corrected chi connectivity index (χ1v) is 3.66. The zero-order valence-corrected chi connectivity index (χ0v) is 6.99. The minimum absolute atomic E-state index is 0.0694. The van der Waals surface area contributed by atoms with Gasteiger partial charge in [-0.15, -0.1) is 0 Å². The van der Waals surface area contributed by atoms with Gasteiger partial charge >= 0.3 is 5.97 Å². The largest absolute Gasteiger partial charge is 0.508 e. The molecule has 0 amide bonds. The molecule has 0 spiro atoms. The minimum atomic E-state index is -2.46. The van der Waals surface area contributed by atoms with Crippen molar-refractivity contribution < 1.29 is 19.4 Å². The maximum absolute atomic E-state index is 13.4. The van der Waals surface area contributed by atoms with Crippen molar-refractivity contribution in [3.8, 4) is 5.75 Å². The zero-order valence-electron chi connectivity index (χ0n) is 6.99. The SMILES string of the molecule is CC(F)(C(=O)O)c1cccc(O)c1. The molecule has 1 rings (SSSR count). The third-order valence-corrected chi connectivity index (χ3v) is 1.79. The van der Waals surface area contributed by atoms with Crippen LogP contribution in [0.15, 0.2) is 24.3 Å². The van der Waals surface area contributed by atoms with Crippen molar-refractivity contribution in [2.75, 3.05) is 0 Å². The van der Waals surface area contributed by atoms with Crippen molar-refractivity contribution >= 4 is 5.97 Å². The lowest BCUT2D eigenvalue weighted by Gasteiger charge is -2.14. The number of carboxylic acid groups (broad SMARTS) is 1. The predicted molar refractivity (Wildman–Crippen MR) is 44.2 cm³/mol. The fourth-order valence-corrected chi connectivity index (χ4v) is 0.921. The summed E-state index contributed by atoms with van der Waals surface area (Å²) in [7, 11) is 0. The molecule has 1 aromatic rings. The Morgan fingerprint density at radius 2 is 2.15 bits per heavy atom. The molecular formula is C9H9FO3. The first-order valence-electron chi connectivity index (χ1n) is 3.66. The van der Waals surface area contributed by atoms with Crippen LogP contribution in [-0.2, 0) is 10.5 Å². The molecule has 1 atom stereocenters. The van der Waals surface area contributed by atoms with Gasteiger partial charge in [0, 0.05) is 5.56 Å². The van der Waals surface area contributed by atoms with Crippen LogP contribution in [0.4, 0.5) is 4.39 Å². The Balaban J connectivity index is 3.14. The summed E-state index contributed by atoms with van der Waals surface area (Å²) < 4.78 is 13.4. The zero-order chi connectivity index (χ0) is 10.1. The number of halogens is 1. The van der Waals surface area contributed by atoms with Crippen LogP contribution in [0.2, 0.25) is 0 Å². The number of alkyl halides is 1. The first kappa shape index (κ1) is 9.51. The average Bonchev–Trinajstić information content (AvgIpc) is 2.04. The lowest BCUT2D eigenvalue weighted by atomic mass is 9.98. The second-order valence-electron chi connectivity index (χ2n) is 2.86. The summed E-state index contributed by atoms with van der Waals surface area (Å²) >= 11 is 0. The molecule has 2 N–H and O–H groups in total. The Morgan fingerprint density at radius 1 is 1.54 bits per heavy atom. The fourth-order valence-electron chi connectivity index (χ4n) is 0.921. The molecule has 0 fully saturated rings. The van der Waals surface area contributed by atoms with Crippen molar-refractivity contribution in [3.63, 3.8) is 0 Å². The number of carboxylic acids is 1. The van der Waals surface area contributed by atoms with E-state index in [4.69, 9.17) is 10.2 Å². The van der Waals surface area contributed by atoms with Gasteiger partial charge in [0.15, 0.2) is 0 Å². The summed E-state index contributed by atoms with van der Waals surface area (Å²) in [5, 5.41) is 17.5. The highest BCUT2D eigenvalue weighted by Crippen LogP contribution is 2.27. The van der Waals surface area contributed by atoms with Crippen molar-refractivity contribution in [1.82, 2.24) is 0 Å². The molecule has 0 saturated heterocycles. The van der Waals surface area contributed by atoms with Gasteiger partial charge < -0.3 is 10.2 Å². The van der Waals surface area contributed by atoms with Gasteiger partial charge in [-0.05, 0) is 19.1 Å². The molecule has 0 aliphatic carbocycles. The molecule has 0 bridgehead atoms. The molecule has 0 aliphatic rings. The summed E-state index contributed by atoms with van der Waals surface area (Å²) in [5.41, 5.74) is -2.53. The van der Waals surface area contributed by atoms with Crippen LogP contribution >= 0.6 is 0 Å². The quantitative estimate of drug-likeness (QED) is 0.734. The third-order valence-electron chi connectivity index (χ3n) is 1.79. The fraction of sp³-hybridized carbons (Fsp3) is 0.222. The number of aliphatic carboxylic acids is 1. The number of rotatable bonds is 2. The van der Waals surface area contributed by atoms with Gasteiger partial charge in [-0.2, -0.15) is 0 Å². The van der Waals surface area contributed by atoms with E-state index in [0.717, 1.165) is 13.0 Å². The Labute approximate surface area is 74.4 Å². The average molecular weight is 184 g/mol. The lowest BCUT2D eigenvalue weighted by molar-refractivity contribution is -0.150. The van der Waals surface area contributed by atoms with Crippen molar-refractivity contribution in [2.45, 2.75) is 12.6 Å². The van der Waals surface area contributed by atoms with E-state index in [1.54, 1.807) is 0 Å². The van der Waals surface area contributed by atoms with Gasteiger partial charge in [0.05, 0.1) is 0 Å². The van der Waals surface area contributed by atoms with Gasteiger partial charge in [0.25, 0.3) is 0 Å². The van der Waals surface area contributed by atoms with Crippen LogP contribution in [-0.4, -0.2) is 16.2 Å². The second-order valence-corrected chi connectivity index (χ2v) is 2.86. The number of hydrogen-bond donors (Lipinski definition) is 2. The van der Waals surface area contributed by atoms with Crippen LogP contribution in [0.3, 0.4) is 0 Å². The highest BCUT2D eigenvalue weighted by molar-refractivity contribution is 5.78. The molecule has 70 valence electrons. The Bertz CT molecular complexity index is 333. The number of carbonyl (C=O) groups is 1. The first-order chi connectivity index (χ1) is 5.94. The molecule has 0 heterocycles. The topological polar surface area (TPSA) is 57.5 Å². The minimum Gasteiger partial charge on any atom is -0.508 e. The molecule has 0 radical (unpaired) electrons. The molecule has 0 saturated carbocycles. The van der Waals surface area contributed by atoms with E-state index in [2.05, 4.69) is 0 Å². The van der Waals surface area contributed by atoms with Crippen molar-refractivity contribution in [2.24, 2.45) is 0 Å². The number of aromatic hydroxyl groups is 1. The van der Waals surface area contributed by atoms with E-state index >= 15 is 0 Å². The molecule has 1 unspecified atom stereocenters. The Morgan fingerprint density at radius 3 is 2.62 bits per heavy atom. The summed E-state index contributed by atoms with van der Waals surface area (Å²) in [6, 6.07) is 5.15. The number of benzene rings is 1. The van der Waals surface area contributed by atoms with Crippen LogP contribution < -0.4 is 0 Å². The predicted octanol–water partition coefficient (Wildman–Crippen LogP) is 1.66. The molecule has 0 aromatic heterocycles.